The van der Waals surface area contributed by atoms with Gasteiger partial charge in [0.15, 0.2) is 5.82 Å². The zero-order valence-electron chi connectivity index (χ0n) is 28.9. The first kappa shape index (κ1) is 31.1. The number of nitrogens with zero attached hydrogens (tertiary/aromatic N) is 5. The highest BCUT2D eigenvalue weighted by molar-refractivity contribution is 6.00. The lowest BCUT2D eigenvalue weighted by molar-refractivity contribution is -0.144. The molecule has 5 aliphatic rings. The third kappa shape index (κ3) is 5.16. The van der Waals surface area contributed by atoms with Gasteiger partial charge in [-0.2, -0.15) is 0 Å². The third-order valence-corrected chi connectivity index (χ3v) is 12.4. The monoisotopic (exact) mass is 664 g/mol. The van der Waals surface area contributed by atoms with Crippen LogP contribution in [0.25, 0.3) is 33.5 Å². The SMILES string of the molecule is COc1cc(C(=O)N2C[C@H]3CC[C@@H]2[C@@H]3N)cc2nc(-c3cc4cccc(C5CCN(C(=O)C(OC)C6CC6)CC5)c4n3CC3CC3)n(C)c12. The molecule has 10 nitrogen and oxygen atoms in total. The number of rotatable bonds is 9. The van der Waals surface area contributed by atoms with E-state index in [4.69, 9.17) is 20.2 Å². The minimum Gasteiger partial charge on any atom is -0.494 e. The molecule has 4 atom stereocenters. The summed E-state index contributed by atoms with van der Waals surface area (Å²) >= 11 is 0. The molecule has 2 N–H and O–H groups in total. The lowest BCUT2D eigenvalue weighted by Crippen LogP contribution is -2.45. The summed E-state index contributed by atoms with van der Waals surface area (Å²) in [5.74, 6) is 3.52. The minimum atomic E-state index is -0.284. The number of carbonyl (C=O) groups is 2. The van der Waals surface area contributed by atoms with Gasteiger partial charge in [-0.05, 0) is 98.8 Å². The Bertz CT molecular complexity index is 1950. The summed E-state index contributed by atoms with van der Waals surface area (Å²) in [6, 6.07) is 13.0. The number of piperidine rings is 2. The summed E-state index contributed by atoms with van der Waals surface area (Å²) in [5.41, 5.74) is 12.4. The van der Waals surface area contributed by atoms with E-state index < -0.39 is 0 Å². The summed E-state index contributed by atoms with van der Waals surface area (Å²) in [4.78, 5) is 36.4. The Morgan fingerprint density at radius 2 is 1.78 bits per heavy atom. The van der Waals surface area contributed by atoms with Crippen LogP contribution in [0.5, 0.6) is 5.75 Å². The Labute approximate surface area is 287 Å². The maximum Gasteiger partial charge on any atom is 0.254 e. The van der Waals surface area contributed by atoms with E-state index in [-0.39, 0.29) is 30.0 Å². The average molecular weight is 665 g/mol. The maximum atomic E-state index is 13.8. The van der Waals surface area contributed by atoms with Gasteiger partial charge in [-0.1, -0.05) is 18.2 Å². The number of fused-ring (bicyclic) bond motifs is 4. The van der Waals surface area contributed by atoms with E-state index in [1.807, 2.05) is 21.9 Å². The fourth-order valence-electron chi connectivity index (χ4n) is 9.37. The first-order chi connectivity index (χ1) is 23.8. The molecule has 4 heterocycles. The zero-order valence-corrected chi connectivity index (χ0v) is 28.9. The molecule has 49 heavy (non-hydrogen) atoms. The number of hydrogen-bond acceptors (Lipinski definition) is 6. The second-order valence-electron chi connectivity index (χ2n) is 15.4. The molecule has 3 saturated carbocycles. The molecule has 2 aliphatic heterocycles. The van der Waals surface area contributed by atoms with Crippen LogP contribution >= 0.6 is 0 Å². The predicted octanol–water partition coefficient (Wildman–Crippen LogP) is 5.31. The number of nitrogens with two attached hydrogens (primary N) is 1. The smallest absolute Gasteiger partial charge is 0.254 e. The molecular weight excluding hydrogens is 616 g/mol. The summed E-state index contributed by atoms with van der Waals surface area (Å²) in [6.45, 7) is 3.20. The van der Waals surface area contributed by atoms with E-state index in [0.29, 0.717) is 35.0 Å². The number of amides is 2. The first-order valence-corrected chi connectivity index (χ1v) is 18.4. The van der Waals surface area contributed by atoms with E-state index in [9.17, 15) is 9.59 Å². The van der Waals surface area contributed by atoms with Gasteiger partial charge in [0, 0.05) is 63.4 Å². The van der Waals surface area contributed by atoms with Crippen molar-refractivity contribution >= 4 is 33.8 Å². The second-order valence-corrected chi connectivity index (χ2v) is 15.4. The van der Waals surface area contributed by atoms with Crippen LogP contribution in [0.3, 0.4) is 0 Å². The topological polar surface area (TPSA) is 108 Å². The highest BCUT2D eigenvalue weighted by atomic mass is 16.5. The number of aromatic nitrogens is 3. The number of benzene rings is 2. The van der Waals surface area contributed by atoms with Gasteiger partial charge in [0.05, 0.1) is 23.8 Å². The van der Waals surface area contributed by atoms with Crippen LogP contribution in [0.1, 0.15) is 73.2 Å². The van der Waals surface area contributed by atoms with E-state index >= 15 is 0 Å². The summed E-state index contributed by atoms with van der Waals surface area (Å²) < 4.78 is 16.2. The Morgan fingerprint density at radius 3 is 2.43 bits per heavy atom. The number of para-hydroxylation sites is 1. The van der Waals surface area contributed by atoms with Crippen LogP contribution in [0.2, 0.25) is 0 Å². The van der Waals surface area contributed by atoms with Crippen molar-refractivity contribution in [1.82, 2.24) is 23.9 Å². The van der Waals surface area contributed by atoms with E-state index in [0.717, 1.165) is 87.3 Å². The lowest BCUT2D eigenvalue weighted by atomic mass is 9.88. The molecule has 2 amide bonds. The molecule has 5 fully saturated rings. The Balaban J connectivity index is 1.07. The molecule has 2 saturated heterocycles. The maximum absolute atomic E-state index is 13.8. The third-order valence-electron chi connectivity index (χ3n) is 12.4. The van der Waals surface area contributed by atoms with Gasteiger partial charge in [0.2, 0.25) is 0 Å². The number of hydrogen-bond donors (Lipinski definition) is 1. The molecule has 9 rings (SSSR count). The number of ether oxygens (including phenoxy) is 2. The van der Waals surface area contributed by atoms with Crippen LogP contribution in [0.4, 0.5) is 0 Å². The van der Waals surface area contributed by atoms with Crippen LogP contribution < -0.4 is 10.5 Å². The van der Waals surface area contributed by atoms with E-state index in [1.54, 1.807) is 14.2 Å². The standard InChI is InChI=1S/C39H48N6O4/c1-42-35-29(17-27(19-32(35)48-2)38(46)45-21-26-11-12-30(45)33(26)40)41-37(42)31-18-25-5-4-6-28(34(25)44(31)20-22-7-8-22)23-13-15-43(16-14-23)39(47)36(49-3)24-9-10-24/h4-6,17-19,22-24,26,30,33,36H,7-16,20-21,40H2,1-3H3/t26-,30-,33-,36?/m1/s1. The van der Waals surface area contributed by atoms with Crippen molar-refractivity contribution in [3.63, 3.8) is 0 Å². The number of carbonyl (C=O) groups excluding carboxylic acids is 2. The quantitative estimate of drug-likeness (QED) is 0.260. The van der Waals surface area contributed by atoms with Crippen molar-refractivity contribution in [2.24, 2.45) is 30.5 Å². The lowest BCUT2D eigenvalue weighted by Gasteiger charge is -2.34. The van der Waals surface area contributed by atoms with E-state index in [2.05, 4.69) is 40.4 Å². The molecule has 0 spiro atoms. The Kier molecular flexibility index (Phi) is 7.54. The van der Waals surface area contributed by atoms with Gasteiger partial charge in [-0.25, -0.2) is 4.98 Å². The van der Waals surface area contributed by atoms with Gasteiger partial charge >= 0.3 is 0 Å². The highest BCUT2D eigenvalue weighted by Crippen LogP contribution is 2.43. The molecule has 0 radical (unpaired) electrons. The van der Waals surface area contributed by atoms with E-state index in [1.165, 1.54) is 29.3 Å². The fourth-order valence-corrected chi connectivity index (χ4v) is 9.37. The van der Waals surface area contributed by atoms with Crippen molar-refractivity contribution in [2.45, 2.75) is 82.0 Å². The molecule has 10 heteroatoms. The Hall–Kier alpha value is -3.89. The van der Waals surface area contributed by atoms with Gasteiger partial charge in [-0.15, -0.1) is 0 Å². The van der Waals surface area contributed by atoms with Crippen LogP contribution in [-0.4, -0.2) is 87.8 Å². The van der Waals surface area contributed by atoms with Gasteiger partial charge in [0.25, 0.3) is 11.8 Å². The van der Waals surface area contributed by atoms with Crippen molar-refractivity contribution < 1.29 is 19.1 Å². The first-order valence-electron chi connectivity index (χ1n) is 18.4. The zero-order chi connectivity index (χ0) is 33.6. The van der Waals surface area contributed by atoms with Crippen molar-refractivity contribution in [2.75, 3.05) is 33.9 Å². The van der Waals surface area contributed by atoms with Crippen LogP contribution in [0, 0.1) is 17.8 Å². The summed E-state index contributed by atoms with van der Waals surface area (Å²) in [5, 5.41) is 1.22. The molecule has 3 aliphatic carbocycles. The van der Waals surface area contributed by atoms with Crippen LogP contribution in [0.15, 0.2) is 36.4 Å². The molecule has 4 aromatic rings. The van der Waals surface area contributed by atoms with Crippen molar-refractivity contribution in [3.8, 4) is 17.3 Å². The van der Waals surface area contributed by atoms with Crippen molar-refractivity contribution in [1.29, 1.82) is 0 Å². The predicted molar refractivity (Wildman–Crippen MR) is 189 cm³/mol. The van der Waals surface area contributed by atoms with Crippen LogP contribution in [-0.2, 0) is 23.1 Å². The molecular formula is C39H48N6O4. The van der Waals surface area contributed by atoms with Gasteiger partial charge in [-0.3, -0.25) is 9.59 Å². The number of aryl methyl sites for hydroxylation is 1. The van der Waals surface area contributed by atoms with Crippen molar-refractivity contribution in [3.05, 3.63) is 47.5 Å². The average Bonchev–Trinajstić information content (AvgIpc) is 4.03. The largest absolute Gasteiger partial charge is 0.494 e. The fraction of sp³-hybridized carbons (Fsp3) is 0.564. The normalized spacial score (nSPS) is 24.8. The number of imidazole rings is 1. The van der Waals surface area contributed by atoms with Gasteiger partial charge < -0.3 is 34.1 Å². The number of methoxy groups -OCH3 is 2. The molecule has 2 aromatic carbocycles. The highest BCUT2D eigenvalue weighted by Gasteiger charge is 2.47. The summed E-state index contributed by atoms with van der Waals surface area (Å²) in [7, 11) is 5.39. The molecule has 2 bridgehead atoms. The molecule has 2 aromatic heterocycles. The number of likely N-dealkylation sites (tertiary alicyclic amines) is 2. The molecule has 1 unspecified atom stereocenters. The van der Waals surface area contributed by atoms with Gasteiger partial charge in [0.1, 0.15) is 17.4 Å². The summed E-state index contributed by atoms with van der Waals surface area (Å²) in [6.07, 6.45) is 8.36. The molecule has 258 valence electrons. The Morgan fingerprint density at radius 1 is 0.980 bits per heavy atom. The minimum absolute atomic E-state index is 0.0144. The second kappa shape index (κ2) is 11.9.